The van der Waals surface area contributed by atoms with E-state index in [9.17, 15) is 10.2 Å². The van der Waals surface area contributed by atoms with Crippen LogP contribution in [-0.2, 0) is 0 Å². The van der Waals surface area contributed by atoms with Crippen molar-refractivity contribution in [3.8, 4) is 0 Å². The van der Waals surface area contributed by atoms with Gasteiger partial charge in [0.2, 0.25) is 0 Å². The van der Waals surface area contributed by atoms with Crippen molar-refractivity contribution in [3.05, 3.63) is 0 Å². The van der Waals surface area contributed by atoms with Crippen LogP contribution in [0.3, 0.4) is 0 Å². The highest BCUT2D eigenvalue weighted by atomic mass is 16.3. The second kappa shape index (κ2) is 2.46. The van der Waals surface area contributed by atoms with E-state index in [-0.39, 0.29) is 24.0 Å². The summed E-state index contributed by atoms with van der Waals surface area (Å²) in [5.41, 5.74) is 0.0775. The van der Waals surface area contributed by atoms with E-state index in [2.05, 4.69) is 6.92 Å². The molecule has 0 unspecified atom stereocenters. The monoisotopic (exact) mass is 170 g/mol. The lowest BCUT2D eigenvalue weighted by molar-refractivity contribution is -0.0243. The first-order valence-corrected chi connectivity index (χ1v) is 4.90. The van der Waals surface area contributed by atoms with E-state index in [4.69, 9.17) is 0 Å². The fourth-order valence-electron chi connectivity index (χ4n) is 3.49. The van der Waals surface area contributed by atoms with Crippen LogP contribution in [0.5, 0.6) is 0 Å². The first-order valence-electron chi connectivity index (χ1n) is 4.90. The molecule has 2 saturated carbocycles. The van der Waals surface area contributed by atoms with Crippen molar-refractivity contribution in [2.24, 2.45) is 16.7 Å². The smallest absolute Gasteiger partial charge is 0.0517 e. The summed E-state index contributed by atoms with van der Waals surface area (Å²) in [5.74, 6) is 0.581. The lowest BCUT2D eigenvalue weighted by atomic mass is 9.69. The molecule has 2 fully saturated rings. The van der Waals surface area contributed by atoms with Crippen LogP contribution in [0.4, 0.5) is 0 Å². The molecule has 0 aromatic carbocycles. The molecule has 2 aliphatic rings. The van der Waals surface area contributed by atoms with Crippen molar-refractivity contribution in [3.63, 3.8) is 0 Å². The molecule has 0 aromatic heterocycles. The molecular weight excluding hydrogens is 152 g/mol. The summed E-state index contributed by atoms with van der Waals surface area (Å²) in [4.78, 5) is 0. The Balaban J connectivity index is 2.34. The number of aliphatic hydroxyl groups excluding tert-OH is 2. The minimum atomic E-state index is -0.146. The molecule has 0 atom stereocenters. The zero-order valence-electron chi connectivity index (χ0n) is 7.71. The summed E-state index contributed by atoms with van der Waals surface area (Å²) in [6.07, 6.45) is 4.80. The maximum Gasteiger partial charge on any atom is 0.0517 e. The fraction of sp³-hybridized carbons (Fsp3) is 1.00. The van der Waals surface area contributed by atoms with Gasteiger partial charge in [0.1, 0.15) is 0 Å². The first kappa shape index (κ1) is 8.52. The molecule has 0 saturated heterocycles. The van der Waals surface area contributed by atoms with E-state index in [1.165, 1.54) is 25.7 Å². The average Bonchev–Trinajstić information content (AvgIpc) is 2.52. The second-order valence-electron chi connectivity index (χ2n) is 4.81. The Labute approximate surface area is 73.6 Å². The number of hydrogen-bond acceptors (Lipinski definition) is 2. The van der Waals surface area contributed by atoms with Crippen molar-refractivity contribution in [1.82, 2.24) is 0 Å². The summed E-state index contributed by atoms with van der Waals surface area (Å²) >= 11 is 0. The molecule has 2 aliphatic carbocycles. The molecule has 2 bridgehead atoms. The molecule has 70 valence electrons. The average molecular weight is 170 g/mol. The van der Waals surface area contributed by atoms with E-state index in [0.717, 1.165) is 0 Å². The highest BCUT2D eigenvalue weighted by Gasteiger charge is 2.60. The molecule has 0 amide bonds. The molecule has 2 nitrogen and oxygen atoms in total. The van der Waals surface area contributed by atoms with Crippen LogP contribution in [0.15, 0.2) is 0 Å². The van der Waals surface area contributed by atoms with E-state index in [1.54, 1.807) is 0 Å². The molecule has 2 N–H and O–H groups in total. The number of hydrogen-bond donors (Lipinski definition) is 2. The summed E-state index contributed by atoms with van der Waals surface area (Å²) < 4.78 is 0. The third-order valence-electron chi connectivity index (χ3n) is 4.64. The maximum atomic E-state index is 9.40. The minimum absolute atomic E-state index is 0.146. The molecule has 2 heteroatoms. The van der Waals surface area contributed by atoms with E-state index in [0.29, 0.717) is 5.92 Å². The highest BCUT2D eigenvalue weighted by Crippen LogP contribution is 2.65. The van der Waals surface area contributed by atoms with Gasteiger partial charge in [-0.05, 0) is 37.0 Å². The molecule has 0 aromatic rings. The zero-order valence-corrected chi connectivity index (χ0v) is 7.71. The quantitative estimate of drug-likeness (QED) is 0.653. The number of aliphatic hydroxyl groups is 2. The van der Waals surface area contributed by atoms with Gasteiger partial charge >= 0.3 is 0 Å². The predicted octanol–water partition coefficient (Wildman–Crippen LogP) is 1.17. The highest BCUT2D eigenvalue weighted by molar-refractivity contribution is 5.09. The Morgan fingerprint density at radius 1 is 1.17 bits per heavy atom. The van der Waals surface area contributed by atoms with Gasteiger partial charge in [-0.2, -0.15) is 0 Å². The van der Waals surface area contributed by atoms with Gasteiger partial charge < -0.3 is 10.2 Å². The van der Waals surface area contributed by atoms with Crippen LogP contribution < -0.4 is 0 Å². The van der Waals surface area contributed by atoms with E-state index >= 15 is 0 Å². The van der Waals surface area contributed by atoms with Gasteiger partial charge in [-0.15, -0.1) is 0 Å². The SMILES string of the molecule is CC12CCC(CC1)C2(CO)CO. The molecule has 0 aliphatic heterocycles. The van der Waals surface area contributed by atoms with Gasteiger partial charge in [0.25, 0.3) is 0 Å². The first-order chi connectivity index (χ1) is 5.68. The molecule has 2 rings (SSSR count). The number of rotatable bonds is 2. The van der Waals surface area contributed by atoms with Crippen LogP contribution in [0.1, 0.15) is 32.6 Å². The van der Waals surface area contributed by atoms with Crippen LogP contribution >= 0.6 is 0 Å². The topological polar surface area (TPSA) is 40.5 Å². The van der Waals surface area contributed by atoms with Gasteiger partial charge in [-0.1, -0.05) is 6.92 Å². The predicted molar refractivity (Wildman–Crippen MR) is 46.7 cm³/mol. The Bertz CT molecular complexity index is 176. The van der Waals surface area contributed by atoms with Gasteiger partial charge in [0.15, 0.2) is 0 Å². The van der Waals surface area contributed by atoms with Crippen molar-refractivity contribution in [2.45, 2.75) is 32.6 Å². The fourth-order valence-corrected chi connectivity index (χ4v) is 3.49. The summed E-state index contributed by atoms with van der Waals surface area (Å²) in [6, 6.07) is 0. The van der Waals surface area contributed by atoms with Gasteiger partial charge in [0.05, 0.1) is 13.2 Å². The molecule has 0 radical (unpaired) electrons. The largest absolute Gasteiger partial charge is 0.396 e. The summed E-state index contributed by atoms with van der Waals surface area (Å²) in [6.45, 7) is 2.57. The van der Waals surface area contributed by atoms with Gasteiger partial charge in [-0.3, -0.25) is 0 Å². The standard InChI is InChI=1S/C10H18O2/c1-9-4-2-8(3-5-9)10(9,6-11)7-12/h8,11-12H,2-7H2,1H3. The van der Waals surface area contributed by atoms with E-state index in [1.807, 2.05) is 0 Å². The molecule has 0 spiro atoms. The normalized spacial score (nSPS) is 43.8. The Morgan fingerprint density at radius 2 is 1.67 bits per heavy atom. The van der Waals surface area contributed by atoms with Crippen molar-refractivity contribution < 1.29 is 10.2 Å². The zero-order chi connectivity index (χ0) is 8.82. The van der Waals surface area contributed by atoms with E-state index < -0.39 is 0 Å². The maximum absolute atomic E-state index is 9.40. The second-order valence-corrected chi connectivity index (χ2v) is 4.81. The molecule has 12 heavy (non-hydrogen) atoms. The van der Waals surface area contributed by atoms with Crippen molar-refractivity contribution in [2.75, 3.05) is 13.2 Å². The van der Waals surface area contributed by atoms with Crippen LogP contribution in [0.25, 0.3) is 0 Å². The lowest BCUT2D eigenvalue weighted by Crippen LogP contribution is -2.40. The summed E-state index contributed by atoms with van der Waals surface area (Å²) in [7, 11) is 0. The van der Waals surface area contributed by atoms with Gasteiger partial charge in [0, 0.05) is 5.41 Å². The Morgan fingerprint density at radius 3 is 1.83 bits per heavy atom. The molecular formula is C10H18O2. The third kappa shape index (κ3) is 0.728. The number of fused-ring (bicyclic) bond motifs is 2. The Hall–Kier alpha value is -0.0800. The van der Waals surface area contributed by atoms with Crippen LogP contribution in [0, 0.1) is 16.7 Å². The lowest BCUT2D eigenvalue weighted by Gasteiger charge is -2.38. The van der Waals surface area contributed by atoms with Crippen molar-refractivity contribution >= 4 is 0 Å². The Kier molecular flexibility index (Phi) is 1.74. The van der Waals surface area contributed by atoms with Crippen LogP contribution in [-0.4, -0.2) is 23.4 Å². The third-order valence-corrected chi connectivity index (χ3v) is 4.64. The van der Waals surface area contributed by atoms with Gasteiger partial charge in [-0.25, -0.2) is 0 Å². The summed E-state index contributed by atoms with van der Waals surface area (Å²) in [5, 5.41) is 18.8. The molecule has 0 heterocycles. The van der Waals surface area contributed by atoms with Crippen LogP contribution in [0.2, 0.25) is 0 Å². The van der Waals surface area contributed by atoms with Crippen molar-refractivity contribution in [1.29, 1.82) is 0 Å². The minimum Gasteiger partial charge on any atom is -0.396 e.